The van der Waals surface area contributed by atoms with Gasteiger partial charge in [0.2, 0.25) is 11.9 Å². The lowest BCUT2D eigenvalue weighted by atomic mass is 9.77. The van der Waals surface area contributed by atoms with E-state index in [4.69, 9.17) is 24.4 Å². The zero-order chi connectivity index (χ0) is 68.0. The van der Waals surface area contributed by atoms with Crippen molar-refractivity contribution >= 4 is 23.6 Å². The van der Waals surface area contributed by atoms with Crippen molar-refractivity contribution in [2.75, 3.05) is 43.6 Å². The van der Waals surface area contributed by atoms with Gasteiger partial charge in [-0.1, -0.05) is 50.5 Å². The Labute approximate surface area is 557 Å². The number of nitrogens with one attached hydrogen (secondary N) is 3. The van der Waals surface area contributed by atoms with E-state index in [1.54, 1.807) is 6.92 Å². The Morgan fingerprint density at radius 1 is 0.484 bits per heavy atom. The van der Waals surface area contributed by atoms with Gasteiger partial charge in [-0.25, -0.2) is 0 Å². The van der Waals surface area contributed by atoms with Gasteiger partial charge in [-0.3, -0.25) is 14.6 Å². The number of hydrogen-bond acceptors (Lipinski definition) is 15. The van der Waals surface area contributed by atoms with Gasteiger partial charge in [0.25, 0.3) is 0 Å². The third-order valence-corrected chi connectivity index (χ3v) is 21.0. The number of nitrogens with zero attached hydrogens (tertiary/aromatic N) is 8. The fraction of sp³-hybridized carbons (Fsp3) is 0.855. The molecule has 5 saturated heterocycles. The molecule has 0 atom stereocenters. The van der Waals surface area contributed by atoms with Crippen molar-refractivity contribution in [2.24, 2.45) is 0 Å². The van der Waals surface area contributed by atoms with Gasteiger partial charge < -0.3 is 44.9 Å². The third-order valence-electron chi connectivity index (χ3n) is 21.0. The molecule has 2 aromatic rings. The minimum atomic E-state index is -0.137. The SMILES string of the molecule is CCCCN(c1nc(C)nc(N(CCCCCCN(C)C2CC(C)(C)NC(C)(C)C2)C2CC(C)(C)NC(C)(C)C2)n1)C1CC(C)(C)NC(C)(C)C1.COC1CC(C)(C)N(Cc2ccc(CN3C(C)(C)CC(OC(=O)CCCCC(C)=O)CC3(C)C)cc2)C(C)(C)C1. The van der Waals surface area contributed by atoms with Gasteiger partial charge in [-0.15, -0.1) is 0 Å². The van der Waals surface area contributed by atoms with E-state index in [1.807, 2.05) is 7.11 Å². The lowest BCUT2D eigenvalue weighted by molar-refractivity contribution is -0.161. The van der Waals surface area contributed by atoms with Crippen LogP contribution in [0.5, 0.6) is 0 Å². The number of hydrogen-bond donors (Lipinski definition) is 3. The number of aryl methyl sites for hydroxylation is 1. The molecule has 5 aliphatic rings. The predicted molar refractivity (Wildman–Crippen MR) is 380 cm³/mol. The maximum atomic E-state index is 12.5. The quantitative estimate of drug-likeness (QED) is 0.0607. The van der Waals surface area contributed by atoms with Crippen molar-refractivity contribution in [2.45, 2.75) is 386 Å². The zero-order valence-corrected chi connectivity index (χ0v) is 63.1. The number of methoxy groups -OCH3 is 1. The summed E-state index contributed by atoms with van der Waals surface area (Å²) in [5.41, 5.74) is 3.11. The Hall–Kier alpha value is -3.31. The minimum Gasteiger partial charge on any atom is -0.462 e. The van der Waals surface area contributed by atoms with E-state index in [1.165, 1.54) is 49.8 Å². The molecule has 0 unspecified atom stereocenters. The summed E-state index contributed by atoms with van der Waals surface area (Å²) in [6, 6.07) is 10.5. The van der Waals surface area contributed by atoms with Crippen molar-refractivity contribution in [3.63, 3.8) is 0 Å². The number of ether oxygens (including phenoxy) is 2. The third kappa shape index (κ3) is 22.9. The summed E-state index contributed by atoms with van der Waals surface area (Å²) in [5.74, 6) is 2.61. The molecule has 520 valence electrons. The molecule has 15 nitrogen and oxygen atoms in total. The first-order chi connectivity index (χ1) is 41.8. The van der Waals surface area contributed by atoms with Crippen LogP contribution in [0, 0.1) is 6.92 Å². The number of piperidine rings is 5. The molecule has 5 fully saturated rings. The molecule has 0 saturated carbocycles. The summed E-state index contributed by atoms with van der Waals surface area (Å²) in [6.07, 6.45) is 20.2. The predicted octanol–water partition coefficient (Wildman–Crippen LogP) is 15.1. The number of esters is 1. The summed E-state index contributed by atoms with van der Waals surface area (Å²) in [4.78, 5) is 52.3. The highest BCUT2D eigenvalue weighted by Crippen LogP contribution is 2.44. The molecule has 0 spiro atoms. The number of Topliss-reactive ketones (excluding diaryl/α,β-unsaturated/α-hetero) is 1. The van der Waals surface area contributed by atoms with Gasteiger partial charge >= 0.3 is 5.97 Å². The lowest BCUT2D eigenvalue weighted by Gasteiger charge is -2.55. The second-order valence-electron chi connectivity index (χ2n) is 35.9. The van der Waals surface area contributed by atoms with Crippen LogP contribution in [0.25, 0.3) is 0 Å². The highest BCUT2D eigenvalue weighted by Gasteiger charge is 2.49. The first kappa shape index (κ1) is 76.7. The van der Waals surface area contributed by atoms with Gasteiger partial charge in [0.15, 0.2) is 0 Å². The Morgan fingerprint density at radius 2 is 0.835 bits per heavy atom. The molecular weight excluding hydrogens is 1130 g/mol. The van der Waals surface area contributed by atoms with Crippen LogP contribution in [0.4, 0.5) is 11.9 Å². The molecular formula is C76H137N11O4. The van der Waals surface area contributed by atoms with Gasteiger partial charge in [0.1, 0.15) is 17.7 Å². The van der Waals surface area contributed by atoms with Crippen LogP contribution in [0.15, 0.2) is 24.3 Å². The molecule has 1 aromatic carbocycles. The smallest absolute Gasteiger partial charge is 0.306 e. The average molecular weight is 1270 g/mol. The standard InChI is InChI=1S/C42H81N9.C34H56N2O4/c1-16-17-23-50(33-27-39(7,8)47-40(9,10)28-33)35-43-31(2)44-36(45-35)51(34-29-41(11,12)48-42(13,14)30-34)24-21-19-18-20-22-49(15)32-25-37(3,4)46-38(5,6)26-32;1-25(37)13-11-12-14-30(38)40-29-21-33(6,7)36(34(8,9)22-29)24-27-17-15-26(16-18-27)23-35-31(2,3)19-28(39-10)20-32(35,4)5/h32-34,46-48H,16-30H2,1-15H3;15-18,28-29H,11-14,19-24H2,1-10H3. The second kappa shape index (κ2) is 30.4. The van der Waals surface area contributed by atoms with Gasteiger partial charge in [0, 0.05) is 132 Å². The lowest BCUT2D eigenvalue weighted by Crippen LogP contribution is -2.63. The van der Waals surface area contributed by atoms with E-state index in [2.05, 4.69) is 224 Å². The molecule has 1 aromatic heterocycles. The fourth-order valence-electron chi connectivity index (χ4n) is 18.2. The Balaban J connectivity index is 0.000000298. The fourth-order valence-corrected chi connectivity index (χ4v) is 18.2. The monoisotopic (exact) mass is 1270 g/mol. The summed E-state index contributed by atoms with van der Waals surface area (Å²) < 4.78 is 11.7. The van der Waals surface area contributed by atoms with Crippen LogP contribution >= 0.6 is 0 Å². The highest BCUT2D eigenvalue weighted by molar-refractivity contribution is 5.75. The Kier molecular flexibility index (Phi) is 25.6. The highest BCUT2D eigenvalue weighted by atomic mass is 16.5. The number of aromatic nitrogens is 3. The van der Waals surface area contributed by atoms with Crippen molar-refractivity contribution in [3.8, 4) is 0 Å². The number of carbonyl (C=O) groups excluding carboxylic acids is 2. The maximum absolute atomic E-state index is 12.5. The number of rotatable bonds is 26. The molecule has 0 amide bonds. The van der Waals surface area contributed by atoms with E-state index in [-0.39, 0.29) is 73.2 Å². The van der Waals surface area contributed by atoms with Crippen LogP contribution in [0.2, 0.25) is 0 Å². The molecule has 5 aliphatic heterocycles. The Bertz CT molecular complexity index is 2560. The molecule has 7 rings (SSSR count). The van der Waals surface area contributed by atoms with E-state index in [0.29, 0.717) is 43.5 Å². The molecule has 0 bridgehead atoms. The average Bonchev–Trinajstić information content (AvgIpc) is 0.795. The van der Waals surface area contributed by atoms with E-state index < -0.39 is 0 Å². The van der Waals surface area contributed by atoms with Crippen LogP contribution < -0.4 is 25.8 Å². The molecule has 0 aliphatic carbocycles. The number of carbonyl (C=O) groups is 2. The van der Waals surface area contributed by atoms with E-state index in [0.717, 1.165) is 121 Å². The van der Waals surface area contributed by atoms with Crippen molar-refractivity contribution < 1.29 is 19.1 Å². The van der Waals surface area contributed by atoms with Crippen LogP contribution in [-0.2, 0) is 32.2 Å². The summed E-state index contributed by atoms with van der Waals surface area (Å²) in [7, 11) is 4.18. The molecule has 3 N–H and O–H groups in total. The van der Waals surface area contributed by atoms with Crippen molar-refractivity contribution in [1.82, 2.24) is 45.6 Å². The molecule has 0 radical (unpaired) electrons. The maximum Gasteiger partial charge on any atom is 0.306 e. The minimum absolute atomic E-state index is 0.0390. The first-order valence-electron chi connectivity index (χ1n) is 36.0. The van der Waals surface area contributed by atoms with Gasteiger partial charge in [0.05, 0.1) is 6.10 Å². The second-order valence-corrected chi connectivity index (χ2v) is 35.9. The first-order valence-corrected chi connectivity index (χ1v) is 36.0. The zero-order valence-electron chi connectivity index (χ0n) is 63.1. The summed E-state index contributed by atoms with van der Waals surface area (Å²) >= 11 is 0. The number of benzene rings is 1. The molecule has 91 heavy (non-hydrogen) atoms. The number of anilines is 2. The number of likely N-dealkylation sites (tertiary alicyclic amines) is 2. The van der Waals surface area contributed by atoms with Crippen molar-refractivity contribution in [3.05, 3.63) is 41.2 Å². The van der Waals surface area contributed by atoms with E-state index >= 15 is 0 Å². The van der Waals surface area contributed by atoms with Crippen LogP contribution in [0.3, 0.4) is 0 Å². The van der Waals surface area contributed by atoms with Crippen LogP contribution in [-0.4, -0.2) is 161 Å². The van der Waals surface area contributed by atoms with E-state index in [9.17, 15) is 9.59 Å². The number of unbranched alkanes of at least 4 members (excludes halogenated alkanes) is 5. The summed E-state index contributed by atoms with van der Waals surface area (Å²) in [5, 5.41) is 11.7. The largest absolute Gasteiger partial charge is 0.462 e. The summed E-state index contributed by atoms with van der Waals surface area (Å²) in [6.45, 7) is 57.6. The normalized spacial score (nSPS) is 23.9. The number of ketones is 1. The molecule has 6 heterocycles. The topological polar surface area (TPSA) is 144 Å². The van der Waals surface area contributed by atoms with Crippen LogP contribution in [0.1, 0.15) is 298 Å². The molecule has 15 heteroatoms. The van der Waals surface area contributed by atoms with Gasteiger partial charge in [-0.05, 0) is 261 Å². The Morgan fingerprint density at radius 3 is 1.21 bits per heavy atom. The van der Waals surface area contributed by atoms with Gasteiger partial charge in [-0.2, -0.15) is 15.0 Å². The van der Waals surface area contributed by atoms with Crippen molar-refractivity contribution in [1.29, 1.82) is 0 Å².